The van der Waals surface area contributed by atoms with Crippen molar-refractivity contribution in [1.29, 1.82) is 0 Å². The smallest absolute Gasteiger partial charge is 0.126 e. The Labute approximate surface area is 119 Å². The fourth-order valence-electron chi connectivity index (χ4n) is 3.62. The van der Waals surface area contributed by atoms with Crippen LogP contribution >= 0.6 is 11.6 Å². The minimum atomic E-state index is -0.581. The van der Waals surface area contributed by atoms with Crippen molar-refractivity contribution < 1.29 is 9.84 Å². The Bertz CT molecular complexity index is 486. The quantitative estimate of drug-likeness (QED) is 0.894. The monoisotopic (exact) mass is 280 g/mol. The van der Waals surface area contributed by atoms with Gasteiger partial charge in [-0.3, -0.25) is 0 Å². The van der Waals surface area contributed by atoms with Gasteiger partial charge in [0.2, 0.25) is 0 Å². The highest BCUT2D eigenvalue weighted by Gasteiger charge is 2.34. The van der Waals surface area contributed by atoms with Gasteiger partial charge in [0.15, 0.2) is 0 Å². The van der Waals surface area contributed by atoms with Gasteiger partial charge in [0.25, 0.3) is 0 Å². The van der Waals surface area contributed by atoms with E-state index in [1.807, 2.05) is 12.1 Å². The molecule has 3 rings (SSSR count). The van der Waals surface area contributed by atoms with E-state index in [4.69, 9.17) is 16.3 Å². The molecular formula is C16H21ClO2. The largest absolute Gasteiger partial charge is 0.493 e. The Kier molecular flexibility index (Phi) is 3.48. The molecular weight excluding hydrogens is 260 g/mol. The van der Waals surface area contributed by atoms with Crippen molar-refractivity contribution in [2.75, 3.05) is 6.61 Å². The summed E-state index contributed by atoms with van der Waals surface area (Å²) in [5.74, 6) is 1.57. The molecule has 2 atom stereocenters. The first kappa shape index (κ1) is 13.3. The minimum absolute atomic E-state index is 0.581. The Morgan fingerprint density at radius 2 is 2.32 bits per heavy atom. The fraction of sp³-hybridized carbons (Fsp3) is 0.625. The van der Waals surface area contributed by atoms with Gasteiger partial charge in [0, 0.05) is 17.9 Å². The van der Waals surface area contributed by atoms with Gasteiger partial charge in [0.05, 0.1) is 12.2 Å². The van der Waals surface area contributed by atoms with Crippen molar-refractivity contribution in [3.8, 4) is 5.75 Å². The van der Waals surface area contributed by atoms with Crippen LogP contribution in [0, 0.1) is 5.92 Å². The molecule has 2 aliphatic rings. The Hall–Kier alpha value is -0.730. The molecule has 19 heavy (non-hydrogen) atoms. The number of hydrogen-bond donors (Lipinski definition) is 1. The molecule has 0 radical (unpaired) electrons. The zero-order valence-corrected chi connectivity index (χ0v) is 12.2. The second kappa shape index (κ2) is 4.99. The molecule has 104 valence electrons. The summed E-state index contributed by atoms with van der Waals surface area (Å²) in [7, 11) is 0. The predicted octanol–water partition coefficient (Wildman–Crippen LogP) is 3.76. The van der Waals surface area contributed by atoms with E-state index in [1.54, 1.807) is 0 Å². The molecule has 1 aliphatic heterocycles. The molecule has 1 saturated carbocycles. The van der Waals surface area contributed by atoms with Gasteiger partial charge >= 0.3 is 0 Å². The summed E-state index contributed by atoms with van der Waals surface area (Å²) in [6.45, 7) is 2.96. The van der Waals surface area contributed by atoms with Crippen molar-refractivity contribution in [2.24, 2.45) is 5.92 Å². The fourth-order valence-corrected chi connectivity index (χ4v) is 3.89. The number of halogens is 1. The van der Waals surface area contributed by atoms with Crippen LogP contribution in [-0.2, 0) is 12.8 Å². The van der Waals surface area contributed by atoms with Gasteiger partial charge in [-0.05, 0) is 42.0 Å². The van der Waals surface area contributed by atoms with E-state index in [2.05, 4.69) is 6.92 Å². The molecule has 0 saturated heterocycles. The minimum Gasteiger partial charge on any atom is -0.493 e. The topological polar surface area (TPSA) is 29.5 Å². The van der Waals surface area contributed by atoms with Gasteiger partial charge in [-0.25, -0.2) is 0 Å². The summed E-state index contributed by atoms with van der Waals surface area (Å²) < 4.78 is 5.73. The SMILES string of the molecule is CC1CCCC(O)(Cc2cc(Cl)cc3c2OCC3)C1. The average molecular weight is 281 g/mol. The van der Waals surface area contributed by atoms with Crippen LogP contribution in [0.5, 0.6) is 5.75 Å². The van der Waals surface area contributed by atoms with E-state index in [1.165, 1.54) is 12.0 Å². The zero-order valence-electron chi connectivity index (χ0n) is 11.4. The van der Waals surface area contributed by atoms with Gasteiger partial charge in [0.1, 0.15) is 5.75 Å². The van der Waals surface area contributed by atoms with Crippen molar-refractivity contribution in [1.82, 2.24) is 0 Å². The molecule has 1 heterocycles. The highest BCUT2D eigenvalue weighted by atomic mass is 35.5. The van der Waals surface area contributed by atoms with Crippen LogP contribution in [0.1, 0.15) is 43.7 Å². The van der Waals surface area contributed by atoms with Crippen molar-refractivity contribution >= 4 is 11.6 Å². The summed E-state index contributed by atoms with van der Waals surface area (Å²) in [5, 5.41) is 11.6. The Balaban J connectivity index is 1.87. The first-order chi connectivity index (χ1) is 9.06. The molecule has 1 aliphatic carbocycles. The third kappa shape index (κ3) is 2.75. The van der Waals surface area contributed by atoms with E-state index in [9.17, 15) is 5.11 Å². The third-order valence-corrected chi connectivity index (χ3v) is 4.63. The van der Waals surface area contributed by atoms with Gasteiger partial charge in [-0.15, -0.1) is 0 Å². The molecule has 1 fully saturated rings. The predicted molar refractivity (Wildman–Crippen MR) is 76.9 cm³/mol. The van der Waals surface area contributed by atoms with Crippen LogP contribution in [0.15, 0.2) is 12.1 Å². The maximum Gasteiger partial charge on any atom is 0.126 e. The van der Waals surface area contributed by atoms with E-state index in [-0.39, 0.29) is 0 Å². The molecule has 1 aromatic rings. The lowest BCUT2D eigenvalue weighted by molar-refractivity contribution is -0.0127. The standard InChI is InChI=1S/C16H21ClO2/c1-11-3-2-5-16(18,9-11)10-13-8-14(17)7-12-4-6-19-15(12)13/h7-8,11,18H,2-6,9-10H2,1H3. The summed E-state index contributed by atoms with van der Waals surface area (Å²) >= 11 is 6.18. The van der Waals surface area contributed by atoms with Crippen LogP contribution in [0.3, 0.4) is 0 Å². The molecule has 3 heteroatoms. The van der Waals surface area contributed by atoms with Crippen LogP contribution in [0.4, 0.5) is 0 Å². The Morgan fingerprint density at radius 1 is 1.47 bits per heavy atom. The van der Waals surface area contributed by atoms with Crippen LogP contribution < -0.4 is 4.74 Å². The molecule has 0 bridgehead atoms. The number of rotatable bonds is 2. The summed E-state index contributed by atoms with van der Waals surface area (Å²) in [4.78, 5) is 0. The first-order valence-corrected chi connectivity index (χ1v) is 7.60. The highest BCUT2D eigenvalue weighted by Crippen LogP contribution is 2.39. The molecule has 1 N–H and O–H groups in total. The first-order valence-electron chi connectivity index (χ1n) is 7.22. The number of hydrogen-bond acceptors (Lipinski definition) is 2. The average Bonchev–Trinajstić information content (AvgIpc) is 2.75. The highest BCUT2D eigenvalue weighted by molar-refractivity contribution is 6.30. The second-order valence-electron chi connectivity index (χ2n) is 6.25. The zero-order chi connectivity index (χ0) is 13.5. The van der Waals surface area contributed by atoms with E-state index < -0.39 is 5.60 Å². The lowest BCUT2D eigenvalue weighted by Crippen LogP contribution is -2.36. The molecule has 0 spiro atoms. The summed E-state index contributed by atoms with van der Waals surface area (Å²) in [6, 6.07) is 3.95. The van der Waals surface area contributed by atoms with Gasteiger partial charge in [-0.2, -0.15) is 0 Å². The van der Waals surface area contributed by atoms with Gasteiger partial charge in [-0.1, -0.05) is 31.4 Å². The second-order valence-corrected chi connectivity index (χ2v) is 6.69. The molecule has 2 unspecified atom stereocenters. The Morgan fingerprint density at radius 3 is 3.11 bits per heavy atom. The lowest BCUT2D eigenvalue weighted by Gasteiger charge is -2.36. The van der Waals surface area contributed by atoms with Crippen LogP contribution in [0.25, 0.3) is 0 Å². The number of ether oxygens (including phenoxy) is 1. The van der Waals surface area contributed by atoms with Crippen molar-refractivity contribution in [3.05, 3.63) is 28.3 Å². The van der Waals surface area contributed by atoms with E-state index in [0.717, 1.165) is 48.6 Å². The van der Waals surface area contributed by atoms with Gasteiger partial charge < -0.3 is 9.84 Å². The number of fused-ring (bicyclic) bond motifs is 1. The molecule has 1 aromatic carbocycles. The lowest BCUT2D eigenvalue weighted by atomic mass is 9.75. The van der Waals surface area contributed by atoms with E-state index >= 15 is 0 Å². The number of benzene rings is 1. The molecule has 2 nitrogen and oxygen atoms in total. The number of aliphatic hydroxyl groups is 1. The third-order valence-electron chi connectivity index (χ3n) is 4.41. The maximum atomic E-state index is 10.8. The van der Waals surface area contributed by atoms with Crippen LogP contribution in [-0.4, -0.2) is 17.3 Å². The van der Waals surface area contributed by atoms with Crippen LogP contribution in [0.2, 0.25) is 5.02 Å². The molecule has 0 aromatic heterocycles. The maximum absolute atomic E-state index is 10.8. The normalized spacial score (nSPS) is 29.9. The van der Waals surface area contributed by atoms with Crippen molar-refractivity contribution in [3.63, 3.8) is 0 Å². The summed E-state index contributed by atoms with van der Waals surface area (Å²) in [5.41, 5.74) is 1.69. The summed E-state index contributed by atoms with van der Waals surface area (Å²) in [6.07, 6.45) is 5.71. The molecule has 0 amide bonds. The van der Waals surface area contributed by atoms with E-state index in [0.29, 0.717) is 12.3 Å². The van der Waals surface area contributed by atoms with Crippen molar-refractivity contribution in [2.45, 2.75) is 51.0 Å².